The first-order valence-corrected chi connectivity index (χ1v) is 7.94. The van der Waals surface area contributed by atoms with Crippen LogP contribution in [0.5, 0.6) is 5.75 Å². The Labute approximate surface area is 136 Å². The second kappa shape index (κ2) is 8.93. The number of amides is 1. The van der Waals surface area contributed by atoms with Crippen LogP contribution in [0.15, 0.2) is 48.5 Å². The molecule has 0 aliphatic rings. The average molecular weight is 315 g/mol. The molecular weight excluding hydrogens is 293 g/mol. The van der Waals surface area contributed by atoms with Crippen LogP contribution in [0.4, 0.5) is 4.39 Å². The lowest BCUT2D eigenvalue weighted by molar-refractivity contribution is 0.0952. The van der Waals surface area contributed by atoms with E-state index in [1.165, 1.54) is 17.7 Å². The summed E-state index contributed by atoms with van der Waals surface area (Å²) in [5.74, 6) is 0.339. The van der Waals surface area contributed by atoms with Gasteiger partial charge in [-0.2, -0.15) is 0 Å². The van der Waals surface area contributed by atoms with Crippen molar-refractivity contribution in [2.24, 2.45) is 0 Å². The van der Waals surface area contributed by atoms with E-state index in [-0.39, 0.29) is 11.7 Å². The van der Waals surface area contributed by atoms with Crippen LogP contribution in [0.2, 0.25) is 0 Å². The van der Waals surface area contributed by atoms with E-state index in [1.807, 2.05) is 24.3 Å². The van der Waals surface area contributed by atoms with Crippen molar-refractivity contribution in [2.75, 3.05) is 13.2 Å². The Morgan fingerprint density at radius 3 is 2.39 bits per heavy atom. The molecule has 1 N–H and O–H groups in total. The molecule has 0 bridgehead atoms. The van der Waals surface area contributed by atoms with E-state index in [2.05, 4.69) is 12.2 Å². The maximum Gasteiger partial charge on any atom is 0.251 e. The molecule has 0 aliphatic carbocycles. The molecule has 0 radical (unpaired) electrons. The molecule has 2 aromatic carbocycles. The molecule has 4 heteroatoms. The van der Waals surface area contributed by atoms with Gasteiger partial charge in [0.15, 0.2) is 0 Å². The molecule has 0 heterocycles. The van der Waals surface area contributed by atoms with E-state index >= 15 is 0 Å². The van der Waals surface area contributed by atoms with Crippen molar-refractivity contribution in [3.05, 3.63) is 65.5 Å². The Morgan fingerprint density at radius 2 is 1.74 bits per heavy atom. The largest absolute Gasteiger partial charge is 0.494 e. The van der Waals surface area contributed by atoms with Gasteiger partial charge in [0.1, 0.15) is 11.6 Å². The molecule has 0 aliphatic heterocycles. The zero-order valence-corrected chi connectivity index (χ0v) is 13.3. The van der Waals surface area contributed by atoms with Crippen LogP contribution in [-0.4, -0.2) is 19.1 Å². The molecule has 0 saturated heterocycles. The SMILES string of the molecule is CCc1ccc(C(=O)NCCCCOc2ccc(F)cc2)cc1. The van der Waals surface area contributed by atoms with Crippen molar-refractivity contribution in [3.8, 4) is 5.75 Å². The molecule has 0 fully saturated rings. The third-order valence-corrected chi connectivity index (χ3v) is 3.56. The van der Waals surface area contributed by atoms with Crippen molar-refractivity contribution in [1.29, 1.82) is 0 Å². The molecule has 0 atom stereocenters. The average Bonchev–Trinajstić information content (AvgIpc) is 2.59. The van der Waals surface area contributed by atoms with Crippen molar-refractivity contribution in [1.82, 2.24) is 5.32 Å². The summed E-state index contributed by atoms with van der Waals surface area (Å²) in [6.45, 7) is 3.25. The van der Waals surface area contributed by atoms with Crippen molar-refractivity contribution >= 4 is 5.91 Å². The molecular formula is C19H22FNO2. The molecule has 0 spiro atoms. The topological polar surface area (TPSA) is 38.3 Å². The summed E-state index contributed by atoms with van der Waals surface area (Å²) in [6, 6.07) is 13.6. The fourth-order valence-corrected chi connectivity index (χ4v) is 2.14. The van der Waals surface area contributed by atoms with Gasteiger partial charge in [-0.1, -0.05) is 19.1 Å². The number of carbonyl (C=O) groups is 1. The minimum atomic E-state index is -0.271. The Balaban J connectivity index is 1.61. The summed E-state index contributed by atoms with van der Waals surface area (Å²) in [5, 5.41) is 2.90. The molecule has 122 valence electrons. The van der Waals surface area contributed by atoms with E-state index in [9.17, 15) is 9.18 Å². The van der Waals surface area contributed by atoms with Crippen LogP contribution in [0.3, 0.4) is 0 Å². The monoisotopic (exact) mass is 315 g/mol. The number of aryl methyl sites for hydroxylation is 1. The molecule has 0 aromatic heterocycles. The highest BCUT2D eigenvalue weighted by molar-refractivity contribution is 5.94. The maximum absolute atomic E-state index is 12.7. The van der Waals surface area contributed by atoms with Crippen LogP contribution in [0.1, 0.15) is 35.7 Å². The van der Waals surface area contributed by atoms with Gasteiger partial charge in [0, 0.05) is 12.1 Å². The number of hydrogen-bond acceptors (Lipinski definition) is 2. The Hall–Kier alpha value is -2.36. The van der Waals surface area contributed by atoms with E-state index in [0.29, 0.717) is 24.5 Å². The first-order valence-electron chi connectivity index (χ1n) is 7.94. The number of benzene rings is 2. The zero-order valence-electron chi connectivity index (χ0n) is 13.3. The standard InChI is InChI=1S/C19H22FNO2/c1-2-15-5-7-16(8-6-15)19(22)21-13-3-4-14-23-18-11-9-17(20)10-12-18/h5-12H,2-4,13-14H2,1H3,(H,21,22). The van der Waals surface area contributed by atoms with Gasteiger partial charge in [0.05, 0.1) is 6.61 Å². The summed E-state index contributed by atoms with van der Waals surface area (Å²) in [4.78, 5) is 12.0. The second-order valence-corrected chi connectivity index (χ2v) is 5.32. The van der Waals surface area contributed by atoms with Crippen molar-refractivity contribution in [3.63, 3.8) is 0 Å². The highest BCUT2D eigenvalue weighted by Gasteiger charge is 2.04. The maximum atomic E-state index is 12.7. The lowest BCUT2D eigenvalue weighted by Gasteiger charge is -2.07. The molecule has 1 amide bonds. The van der Waals surface area contributed by atoms with Crippen LogP contribution < -0.4 is 10.1 Å². The van der Waals surface area contributed by atoms with Gasteiger partial charge in [0.2, 0.25) is 0 Å². The zero-order chi connectivity index (χ0) is 16.5. The summed E-state index contributed by atoms with van der Waals surface area (Å²) >= 11 is 0. The van der Waals surface area contributed by atoms with Gasteiger partial charge in [-0.3, -0.25) is 4.79 Å². The van der Waals surface area contributed by atoms with Crippen LogP contribution in [0.25, 0.3) is 0 Å². The van der Waals surface area contributed by atoms with E-state index in [1.54, 1.807) is 12.1 Å². The second-order valence-electron chi connectivity index (χ2n) is 5.32. The predicted molar refractivity (Wildman–Crippen MR) is 89.3 cm³/mol. The Morgan fingerprint density at radius 1 is 1.04 bits per heavy atom. The Kier molecular flexibility index (Phi) is 6.60. The number of nitrogens with one attached hydrogen (secondary N) is 1. The fraction of sp³-hybridized carbons (Fsp3) is 0.316. The normalized spacial score (nSPS) is 10.3. The molecule has 2 aromatic rings. The van der Waals surface area contributed by atoms with E-state index < -0.39 is 0 Å². The molecule has 2 rings (SSSR count). The Bertz CT molecular complexity index is 608. The summed E-state index contributed by atoms with van der Waals surface area (Å²) < 4.78 is 18.2. The van der Waals surface area contributed by atoms with Gasteiger partial charge >= 0.3 is 0 Å². The van der Waals surface area contributed by atoms with Gasteiger partial charge in [-0.25, -0.2) is 4.39 Å². The number of unbranched alkanes of at least 4 members (excludes halogenated alkanes) is 1. The van der Waals surface area contributed by atoms with E-state index in [4.69, 9.17) is 4.74 Å². The first-order chi connectivity index (χ1) is 11.2. The van der Waals surface area contributed by atoms with Gasteiger partial charge in [-0.15, -0.1) is 0 Å². The van der Waals surface area contributed by atoms with Gasteiger partial charge in [0.25, 0.3) is 5.91 Å². The lowest BCUT2D eigenvalue weighted by atomic mass is 10.1. The molecule has 0 unspecified atom stereocenters. The minimum Gasteiger partial charge on any atom is -0.494 e. The molecule has 23 heavy (non-hydrogen) atoms. The number of ether oxygens (including phenoxy) is 1. The highest BCUT2D eigenvalue weighted by atomic mass is 19.1. The third-order valence-electron chi connectivity index (χ3n) is 3.56. The number of rotatable bonds is 8. The number of halogens is 1. The van der Waals surface area contributed by atoms with Crippen molar-refractivity contribution in [2.45, 2.75) is 26.2 Å². The molecule has 0 saturated carbocycles. The number of carbonyl (C=O) groups excluding carboxylic acids is 1. The number of hydrogen-bond donors (Lipinski definition) is 1. The smallest absolute Gasteiger partial charge is 0.251 e. The first kappa shape index (κ1) is 17.0. The van der Waals surface area contributed by atoms with Gasteiger partial charge < -0.3 is 10.1 Å². The van der Waals surface area contributed by atoms with Gasteiger partial charge in [-0.05, 0) is 61.2 Å². The predicted octanol–water partition coefficient (Wildman–Crippen LogP) is 3.98. The molecule has 3 nitrogen and oxygen atoms in total. The highest BCUT2D eigenvalue weighted by Crippen LogP contribution is 2.11. The van der Waals surface area contributed by atoms with E-state index in [0.717, 1.165) is 19.3 Å². The lowest BCUT2D eigenvalue weighted by Crippen LogP contribution is -2.24. The minimum absolute atomic E-state index is 0.0490. The van der Waals surface area contributed by atoms with Crippen LogP contribution in [-0.2, 0) is 6.42 Å². The van der Waals surface area contributed by atoms with Crippen LogP contribution in [0, 0.1) is 5.82 Å². The van der Waals surface area contributed by atoms with Crippen molar-refractivity contribution < 1.29 is 13.9 Å². The summed E-state index contributed by atoms with van der Waals surface area (Å²) in [7, 11) is 0. The third kappa shape index (κ3) is 5.74. The summed E-state index contributed by atoms with van der Waals surface area (Å²) in [5.41, 5.74) is 1.91. The summed E-state index contributed by atoms with van der Waals surface area (Å²) in [6.07, 6.45) is 2.63. The fourth-order valence-electron chi connectivity index (χ4n) is 2.14. The van der Waals surface area contributed by atoms with Crippen LogP contribution >= 0.6 is 0 Å². The quantitative estimate of drug-likeness (QED) is 0.748.